The van der Waals surface area contributed by atoms with Gasteiger partial charge in [-0.15, -0.1) is 0 Å². The second kappa shape index (κ2) is 5.74. The highest BCUT2D eigenvalue weighted by Gasteiger charge is 2.12. The fourth-order valence-corrected chi connectivity index (χ4v) is 1.45. The number of hydrogen-bond donors (Lipinski definition) is 1. The smallest absolute Gasteiger partial charge is 0.183 e. The van der Waals surface area contributed by atoms with E-state index >= 15 is 0 Å². The highest BCUT2D eigenvalue weighted by atomic mass is 28.4. The van der Waals surface area contributed by atoms with E-state index in [9.17, 15) is 0 Å². The summed E-state index contributed by atoms with van der Waals surface area (Å²) < 4.78 is 5.65. The average molecular weight is 175 g/mol. The van der Waals surface area contributed by atoms with Gasteiger partial charge in [0, 0.05) is 13.2 Å². The van der Waals surface area contributed by atoms with E-state index in [4.69, 9.17) is 4.43 Å². The maximum absolute atomic E-state index is 5.65. The molecule has 0 fully saturated rings. The molecule has 1 N–H and O–H groups in total. The SMILES string of the molecule is CCCNCCO[Si](C)(C)C. The summed E-state index contributed by atoms with van der Waals surface area (Å²) in [5.41, 5.74) is 0. The molecule has 11 heavy (non-hydrogen) atoms. The zero-order valence-corrected chi connectivity index (χ0v) is 9.24. The predicted octanol–water partition coefficient (Wildman–Crippen LogP) is 1.84. The molecule has 0 aromatic heterocycles. The van der Waals surface area contributed by atoms with Gasteiger partial charge in [0.2, 0.25) is 0 Å². The molecule has 0 unspecified atom stereocenters. The molecule has 0 aromatic rings. The molecule has 0 saturated heterocycles. The standard InChI is InChI=1S/C8H21NOSi/c1-5-6-9-7-8-10-11(2,3)4/h9H,5-8H2,1-4H3. The molecule has 0 heterocycles. The Bertz CT molecular complexity index is 90.6. The second-order valence-electron chi connectivity index (χ2n) is 3.71. The summed E-state index contributed by atoms with van der Waals surface area (Å²) in [4.78, 5) is 0. The Kier molecular flexibility index (Phi) is 5.82. The third-order valence-corrected chi connectivity index (χ3v) is 2.31. The van der Waals surface area contributed by atoms with Crippen molar-refractivity contribution in [3.05, 3.63) is 0 Å². The lowest BCUT2D eigenvalue weighted by molar-refractivity contribution is 0.308. The molecule has 0 spiro atoms. The molecule has 0 bridgehead atoms. The van der Waals surface area contributed by atoms with Crippen LogP contribution in [0.2, 0.25) is 19.6 Å². The van der Waals surface area contributed by atoms with E-state index in [0.717, 1.165) is 19.7 Å². The van der Waals surface area contributed by atoms with Crippen molar-refractivity contribution in [3.63, 3.8) is 0 Å². The van der Waals surface area contributed by atoms with Crippen molar-refractivity contribution >= 4 is 8.32 Å². The lowest BCUT2D eigenvalue weighted by Gasteiger charge is -2.16. The minimum atomic E-state index is -1.26. The molecule has 0 saturated carbocycles. The van der Waals surface area contributed by atoms with Crippen molar-refractivity contribution in [1.29, 1.82) is 0 Å². The normalized spacial score (nSPS) is 12.0. The van der Waals surface area contributed by atoms with Crippen LogP contribution in [0.25, 0.3) is 0 Å². The van der Waals surface area contributed by atoms with E-state index in [-0.39, 0.29) is 0 Å². The van der Waals surface area contributed by atoms with Crippen molar-refractivity contribution in [2.75, 3.05) is 19.7 Å². The van der Waals surface area contributed by atoms with Crippen LogP contribution in [-0.4, -0.2) is 28.0 Å². The van der Waals surface area contributed by atoms with E-state index in [1.165, 1.54) is 6.42 Å². The molecule has 0 amide bonds. The first-order valence-corrected chi connectivity index (χ1v) is 7.82. The third kappa shape index (κ3) is 10.1. The first kappa shape index (κ1) is 11.1. The molecule has 0 aliphatic carbocycles. The number of hydrogen-bond acceptors (Lipinski definition) is 2. The van der Waals surface area contributed by atoms with Crippen LogP contribution in [0.15, 0.2) is 0 Å². The number of rotatable bonds is 6. The van der Waals surface area contributed by atoms with Crippen LogP contribution < -0.4 is 5.32 Å². The molecular formula is C8H21NOSi. The molecule has 0 aromatic carbocycles. The van der Waals surface area contributed by atoms with Crippen LogP contribution in [0.1, 0.15) is 13.3 Å². The average Bonchev–Trinajstić information content (AvgIpc) is 1.85. The van der Waals surface area contributed by atoms with Crippen molar-refractivity contribution in [2.24, 2.45) is 0 Å². The summed E-state index contributed by atoms with van der Waals surface area (Å²) >= 11 is 0. The van der Waals surface area contributed by atoms with Crippen molar-refractivity contribution in [3.8, 4) is 0 Å². The zero-order chi connectivity index (χ0) is 8.74. The maximum Gasteiger partial charge on any atom is 0.183 e. The summed E-state index contributed by atoms with van der Waals surface area (Å²) in [6.45, 7) is 11.8. The van der Waals surface area contributed by atoms with Gasteiger partial charge in [0.1, 0.15) is 0 Å². The van der Waals surface area contributed by atoms with E-state index in [1.54, 1.807) is 0 Å². The van der Waals surface area contributed by atoms with Gasteiger partial charge in [-0.25, -0.2) is 0 Å². The summed E-state index contributed by atoms with van der Waals surface area (Å²) in [5.74, 6) is 0. The molecule has 3 heteroatoms. The van der Waals surface area contributed by atoms with Crippen LogP contribution in [0.3, 0.4) is 0 Å². The van der Waals surface area contributed by atoms with Gasteiger partial charge in [-0.3, -0.25) is 0 Å². The van der Waals surface area contributed by atoms with Crippen molar-refractivity contribution in [2.45, 2.75) is 33.0 Å². The fraction of sp³-hybridized carbons (Fsp3) is 1.00. The molecule has 2 nitrogen and oxygen atoms in total. The molecule has 0 atom stereocenters. The minimum absolute atomic E-state index is 0.871. The van der Waals surface area contributed by atoms with Crippen LogP contribution in [0.5, 0.6) is 0 Å². The van der Waals surface area contributed by atoms with Gasteiger partial charge >= 0.3 is 0 Å². The van der Waals surface area contributed by atoms with Gasteiger partial charge in [0.25, 0.3) is 0 Å². The van der Waals surface area contributed by atoms with Crippen molar-refractivity contribution < 1.29 is 4.43 Å². The lowest BCUT2D eigenvalue weighted by atomic mass is 10.5. The summed E-state index contributed by atoms with van der Waals surface area (Å²) in [6, 6.07) is 0. The summed E-state index contributed by atoms with van der Waals surface area (Å²) in [7, 11) is -1.26. The third-order valence-electron chi connectivity index (χ3n) is 1.24. The van der Waals surface area contributed by atoms with Gasteiger partial charge in [0.15, 0.2) is 8.32 Å². The highest BCUT2D eigenvalue weighted by Crippen LogP contribution is 2.00. The number of nitrogens with one attached hydrogen (secondary N) is 1. The topological polar surface area (TPSA) is 21.3 Å². The lowest BCUT2D eigenvalue weighted by Crippen LogP contribution is -2.30. The van der Waals surface area contributed by atoms with Gasteiger partial charge in [-0.1, -0.05) is 6.92 Å². The Morgan fingerprint density at radius 2 is 1.82 bits per heavy atom. The molecular weight excluding hydrogens is 154 g/mol. The van der Waals surface area contributed by atoms with Crippen LogP contribution in [0.4, 0.5) is 0 Å². The Morgan fingerprint density at radius 1 is 1.18 bits per heavy atom. The monoisotopic (exact) mass is 175 g/mol. The summed E-state index contributed by atoms with van der Waals surface area (Å²) in [5, 5.41) is 3.30. The summed E-state index contributed by atoms with van der Waals surface area (Å²) in [6.07, 6.45) is 1.20. The molecule has 0 aliphatic rings. The van der Waals surface area contributed by atoms with Gasteiger partial charge < -0.3 is 9.74 Å². The Hall–Kier alpha value is 0.137. The first-order valence-electron chi connectivity index (χ1n) is 4.41. The Balaban J connectivity index is 3.02. The van der Waals surface area contributed by atoms with Crippen LogP contribution >= 0.6 is 0 Å². The van der Waals surface area contributed by atoms with Crippen LogP contribution in [0, 0.1) is 0 Å². The van der Waals surface area contributed by atoms with Crippen LogP contribution in [-0.2, 0) is 4.43 Å². The fourth-order valence-electron chi connectivity index (χ4n) is 0.731. The van der Waals surface area contributed by atoms with E-state index < -0.39 is 8.32 Å². The van der Waals surface area contributed by atoms with Gasteiger partial charge in [-0.05, 0) is 32.6 Å². The Labute approximate surface area is 71.5 Å². The second-order valence-corrected chi connectivity index (χ2v) is 8.22. The molecule has 0 rings (SSSR count). The van der Waals surface area contributed by atoms with E-state index in [2.05, 4.69) is 31.9 Å². The molecule has 0 aliphatic heterocycles. The van der Waals surface area contributed by atoms with E-state index in [0.29, 0.717) is 0 Å². The predicted molar refractivity (Wildman–Crippen MR) is 52.5 cm³/mol. The van der Waals surface area contributed by atoms with Gasteiger partial charge in [-0.2, -0.15) is 0 Å². The van der Waals surface area contributed by atoms with E-state index in [1.807, 2.05) is 0 Å². The quantitative estimate of drug-likeness (QED) is 0.491. The van der Waals surface area contributed by atoms with Gasteiger partial charge in [0.05, 0.1) is 0 Å². The first-order chi connectivity index (χ1) is 5.06. The molecule has 68 valence electrons. The molecule has 0 radical (unpaired) electrons. The van der Waals surface area contributed by atoms with Crippen molar-refractivity contribution in [1.82, 2.24) is 5.32 Å². The maximum atomic E-state index is 5.65. The Morgan fingerprint density at radius 3 is 2.27 bits per heavy atom. The minimum Gasteiger partial charge on any atom is -0.416 e. The highest BCUT2D eigenvalue weighted by molar-refractivity contribution is 6.69. The zero-order valence-electron chi connectivity index (χ0n) is 8.24. The largest absolute Gasteiger partial charge is 0.416 e.